The highest BCUT2D eigenvalue weighted by Gasteiger charge is 2.43. The molecule has 1 saturated heterocycles. The first-order valence-electron chi connectivity index (χ1n) is 19.2. The number of guanidine groups is 1. The van der Waals surface area contributed by atoms with Crippen LogP contribution in [0.15, 0.2) is 91.0 Å². The smallest absolute Gasteiger partial charge is 0.417 e. The highest BCUT2D eigenvalue weighted by atomic mass is 16.6. The number of carbonyl (C=O) groups is 5. The van der Waals surface area contributed by atoms with Crippen LogP contribution in [-0.2, 0) is 43.5 Å². The Morgan fingerprint density at radius 1 is 0.836 bits per heavy atom. The molecular formula is C42H54N6O7. The molecule has 13 heteroatoms. The molecule has 1 aliphatic heterocycles. The Kier molecular flexibility index (Phi) is 17.9. The zero-order valence-corrected chi connectivity index (χ0v) is 31.6. The zero-order valence-electron chi connectivity index (χ0n) is 31.6. The minimum atomic E-state index is -1.20. The van der Waals surface area contributed by atoms with Gasteiger partial charge in [-0.3, -0.25) is 20.3 Å². The van der Waals surface area contributed by atoms with Gasteiger partial charge in [0.1, 0.15) is 25.5 Å². The summed E-state index contributed by atoms with van der Waals surface area (Å²) >= 11 is 0. The number of hydrogen-bond acceptors (Lipinski definition) is 9. The van der Waals surface area contributed by atoms with Crippen LogP contribution in [0.5, 0.6) is 0 Å². The van der Waals surface area contributed by atoms with E-state index in [1.54, 1.807) is 29.2 Å². The van der Waals surface area contributed by atoms with E-state index in [0.29, 0.717) is 44.2 Å². The summed E-state index contributed by atoms with van der Waals surface area (Å²) in [6.07, 6.45) is 4.52. The monoisotopic (exact) mass is 754 g/mol. The van der Waals surface area contributed by atoms with Crippen LogP contribution < -0.4 is 16.0 Å². The van der Waals surface area contributed by atoms with Gasteiger partial charge in [-0.15, -0.1) is 0 Å². The number of rotatable bonds is 20. The second-order valence-corrected chi connectivity index (χ2v) is 13.5. The molecule has 1 fully saturated rings. The minimum absolute atomic E-state index is 0.0401. The lowest BCUT2D eigenvalue weighted by molar-refractivity contribution is -0.146. The van der Waals surface area contributed by atoms with Crippen LogP contribution in [0.1, 0.15) is 75.0 Å². The topological polar surface area (TPSA) is 170 Å². The Labute approximate surface area is 323 Å². The van der Waals surface area contributed by atoms with Gasteiger partial charge in [0.25, 0.3) is 5.91 Å². The average molecular weight is 755 g/mol. The van der Waals surface area contributed by atoms with Crippen molar-refractivity contribution in [2.45, 2.75) is 96.1 Å². The fourth-order valence-electron chi connectivity index (χ4n) is 6.44. The molecule has 0 saturated carbocycles. The quantitative estimate of drug-likeness (QED) is 0.0488. The summed E-state index contributed by atoms with van der Waals surface area (Å²) in [5, 5.41) is 16.6. The van der Waals surface area contributed by atoms with E-state index in [1.807, 2.05) is 66.7 Å². The molecular weight excluding hydrogens is 700 g/mol. The van der Waals surface area contributed by atoms with Gasteiger partial charge in [0.2, 0.25) is 5.91 Å². The molecule has 4 amide bonds. The van der Waals surface area contributed by atoms with Crippen molar-refractivity contribution in [1.29, 1.82) is 5.41 Å². The molecule has 0 spiro atoms. The van der Waals surface area contributed by atoms with Crippen molar-refractivity contribution in [1.82, 2.24) is 25.8 Å². The molecule has 0 aliphatic carbocycles. The van der Waals surface area contributed by atoms with E-state index in [9.17, 15) is 24.0 Å². The lowest BCUT2D eigenvalue weighted by Crippen LogP contribution is -2.57. The van der Waals surface area contributed by atoms with E-state index in [-0.39, 0.29) is 44.5 Å². The van der Waals surface area contributed by atoms with E-state index in [0.717, 1.165) is 41.7 Å². The molecule has 1 heterocycles. The zero-order chi connectivity index (χ0) is 39.3. The van der Waals surface area contributed by atoms with Crippen LogP contribution in [0, 0.1) is 5.41 Å². The maximum atomic E-state index is 14.4. The second-order valence-electron chi connectivity index (χ2n) is 13.5. The molecule has 55 heavy (non-hydrogen) atoms. The first-order valence-corrected chi connectivity index (χ1v) is 19.2. The summed E-state index contributed by atoms with van der Waals surface area (Å²) in [5.74, 6) is -1.21. The van der Waals surface area contributed by atoms with Gasteiger partial charge in [-0.25, -0.2) is 14.5 Å². The van der Waals surface area contributed by atoms with Crippen molar-refractivity contribution in [2.24, 2.45) is 0 Å². The Balaban J connectivity index is 1.42. The van der Waals surface area contributed by atoms with Gasteiger partial charge in [0.15, 0.2) is 5.96 Å². The molecule has 0 radical (unpaired) electrons. The second kappa shape index (κ2) is 23.3. The number of unbranched alkanes of at least 4 members (excludes halogenated alkanes) is 3. The summed E-state index contributed by atoms with van der Waals surface area (Å²) in [7, 11) is 0. The molecule has 3 aromatic carbocycles. The molecule has 3 aromatic rings. The number of nitrogens with zero attached hydrogens (tertiary/aromatic N) is 2. The lowest BCUT2D eigenvalue weighted by atomic mass is 10.0. The molecule has 294 valence electrons. The van der Waals surface area contributed by atoms with Gasteiger partial charge >= 0.3 is 12.2 Å². The number of alkyl carbamates (subject to hydrolysis) is 1. The largest absolute Gasteiger partial charge is 0.444 e. The van der Waals surface area contributed by atoms with Crippen molar-refractivity contribution in [2.75, 3.05) is 19.6 Å². The van der Waals surface area contributed by atoms with Crippen LogP contribution in [0.3, 0.4) is 0 Å². The van der Waals surface area contributed by atoms with Crippen molar-refractivity contribution < 1.29 is 33.4 Å². The van der Waals surface area contributed by atoms with E-state index in [4.69, 9.17) is 14.9 Å². The lowest BCUT2D eigenvalue weighted by Gasteiger charge is -2.33. The fourth-order valence-corrected chi connectivity index (χ4v) is 6.44. The van der Waals surface area contributed by atoms with Crippen LogP contribution in [0.4, 0.5) is 9.59 Å². The molecule has 0 bridgehead atoms. The van der Waals surface area contributed by atoms with Gasteiger partial charge in [-0.1, -0.05) is 117 Å². The molecule has 13 nitrogen and oxygen atoms in total. The summed E-state index contributed by atoms with van der Waals surface area (Å²) in [5.41, 5.74) is 2.48. The number of aldehydes is 1. The number of carbonyl (C=O) groups excluding carboxylic acids is 5. The van der Waals surface area contributed by atoms with E-state index >= 15 is 0 Å². The van der Waals surface area contributed by atoms with Crippen molar-refractivity contribution >= 4 is 36.2 Å². The van der Waals surface area contributed by atoms with Crippen molar-refractivity contribution in [3.8, 4) is 0 Å². The third-order valence-electron chi connectivity index (χ3n) is 9.37. The number of ether oxygens (including phenoxy) is 2. The molecule has 0 unspecified atom stereocenters. The minimum Gasteiger partial charge on any atom is -0.444 e. The van der Waals surface area contributed by atoms with E-state index < -0.39 is 36.2 Å². The van der Waals surface area contributed by atoms with Crippen LogP contribution in [0.25, 0.3) is 0 Å². The number of hydrogen-bond donors (Lipinski definition) is 4. The summed E-state index contributed by atoms with van der Waals surface area (Å²) < 4.78 is 10.7. The molecule has 4 rings (SSSR count). The maximum Gasteiger partial charge on any atom is 0.417 e. The van der Waals surface area contributed by atoms with Crippen LogP contribution in [-0.4, -0.2) is 83.8 Å². The first-order chi connectivity index (χ1) is 26.8. The Morgan fingerprint density at radius 2 is 1.45 bits per heavy atom. The van der Waals surface area contributed by atoms with Gasteiger partial charge in [-0.05, 0) is 61.8 Å². The van der Waals surface area contributed by atoms with E-state index in [1.165, 1.54) is 0 Å². The predicted octanol–water partition coefficient (Wildman–Crippen LogP) is 5.72. The van der Waals surface area contributed by atoms with Gasteiger partial charge in [0, 0.05) is 13.1 Å². The summed E-state index contributed by atoms with van der Waals surface area (Å²) in [6.45, 7) is 3.19. The third-order valence-corrected chi connectivity index (χ3v) is 9.37. The normalized spacial score (nSPS) is 14.6. The van der Waals surface area contributed by atoms with Crippen LogP contribution >= 0.6 is 0 Å². The number of amides is 4. The molecule has 4 N–H and O–H groups in total. The number of likely N-dealkylation sites (tertiary alicyclic amines) is 1. The summed E-state index contributed by atoms with van der Waals surface area (Å²) in [4.78, 5) is 69.5. The Hall–Kier alpha value is -5.56. The Morgan fingerprint density at radius 3 is 2.07 bits per heavy atom. The molecule has 1 aliphatic rings. The highest BCUT2D eigenvalue weighted by molar-refractivity contribution is 6.00. The highest BCUT2D eigenvalue weighted by Crippen LogP contribution is 2.24. The van der Waals surface area contributed by atoms with Crippen molar-refractivity contribution in [3.05, 3.63) is 108 Å². The average Bonchev–Trinajstić information content (AvgIpc) is 3.71. The van der Waals surface area contributed by atoms with E-state index in [2.05, 4.69) is 22.9 Å². The van der Waals surface area contributed by atoms with Crippen molar-refractivity contribution in [3.63, 3.8) is 0 Å². The first kappa shape index (κ1) is 42.2. The van der Waals surface area contributed by atoms with Crippen LogP contribution in [0.2, 0.25) is 0 Å². The fraction of sp³-hybridized carbons (Fsp3) is 0.429. The number of benzene rings is 3. The summed E-state index contributed by atoms with van der Waals surface area (Å²) in [6, 6.07) is 25.1. The number of nitrogens with one attached hydrogen (secondary N) is 4. The number of imide groups is 1. The maximum absolute atomic E-state index is 14.4. The predicted molar refractivity (Wildman–Crippen MR) is 209 cm³/mol. The Bertz CT molecular complexity index is 1660. The van der Waals surface area contributed by atoms with Gasteiger partial charge < -0.3 is 29.8 Å². The third kappa shape index (κ3) is 14.0. The standard InChI is InChI=1S/C42H54N6O7/c1-2-3-4-14-25-44-36(28-32-17-8-5-9-18-32)38(50)47-27-16-24-37(47)39(51)48(42(53)55-31-34-21-12-7-13-22-34)35(29-49)23-15-26-45-40(43)46-41(52)54-30-33-19-10-6-11-20-33/h5-13,17-22,29,35-37,44H,2-4,14-16,23-28,30-31H2,1H3,(H3,43,45,46,52)/t35-,36+,37-/m0/s1. The van der Waals surface area contributed by atoms with Gasteiger partial charge in [0.05, 0.1) is 12.1 Å². The van der Waals surface area contributed by atoms with Gasteiger partial charge in [-0.2, -0.15) is 0 Å². The molecule has 0 aromatic heterocycles. The molecule has 3 atom stereocenters. The SMILES string of the molecule is CCCCCCN[C@H](Cc1ccccc1)C(=O)N1CCC[C@H]1C(=O)N(C(=O)OCc1ccccc1)[C@H](C=O)CCCNC(=N)NC(=O)OCc1ccccc1.